The van der Waals surface area contributed by atoms with Gasteiger partial charge in [-0.25, -0.2) is 13.6 Å². The molecule has 1 N–H and O–H groups in total. The smallest absolute Gasteiger partial charge is 0.317 e. The summed E-state index contributed by atoms with van der Waals surface area (Å²) in [5, 5.41) is 2.81. The highest BCUT2D eigenvalue weighted by atomic mass is 19.1. The molecule has 4 nitrogen and oxygen atoms in total. The lowest BCUT2D eigenvalue weighted by atomic mass is 10.1. The first kappa shape index (κ1) is 21.8. The summed E-state index contributed by atoms with van der Waals surface area (Å²) in [4.78, 5) is 13.8. The molecule has 0 aliphatic heterocycles. The van der Waals surface area contributed by atoms with Crippen LogP contribution in [0.1, 0.15) is 50.4 Å². The van der Waals surface area contributed by atoms with Crippen LogP contribution in [0.25, 0.3) is 0 Å². The van der Waals surface area contributed by atoms with Crippen molar-refractivity contribution in [1.29, 1.82) is 0 Å². The van der Waals surface area contributed by atoms with Gasteiger partial charge in [0.1, 0.15) is 11.6 Å². The molecule has 0 fully saturated rings. The number of hydrogen-bond acceptors (Lipinski definition) is 2. The number of hydrogen-bond donors (Lipinski definition) is 1. The van der Waals surface area contributed by atoms with Crippen LogP contribution < -0.4 is 5.32 Å². The highest BCUT2D eigenvalue weighted by molar-refractivity contribution is 5.74. The number of rotatable bonds is 6. The van der Waals surface area contributed by atoms with Gasteiger partial charge in [0.25, 0.3) is 0 Å². The van der Waals surface area contributed by atoms with Gasteiger partial charge in [-0.1, -0.05) is 24.3 Å². The molecule has 2 amide bonds. The van der Waals surface area contributed by atoms with E-state index < -0.39 is 17.7 Å². The van der Waals surface area contributed by atoms with Crippen LogP contribution in [0.4, 0.5) is 13.6 Å². The zero-order valence-electron chi connectivity index (χ0n) is 17.1. The third kappa shape index (κ3) is 6.30. The molecule has 2 aromatic carbocycles. The Morgan fingerprint density at radius 2 is 1.82 bits per heavy atom. The Morgan fingerprint density at radius 3 is 2.50 bits per heavy atom. The summed E-state index contributed by atoms with van der Waals surface area (Å²) in [5.74, 6) is -1.08. The molecule has 1 atom stereocenters. The predicted octanol–water partition coefficient (Wildman–Crippen LogP) is 5.18. The van der Waals surface area contributed by atoms with Gasteiger partial charge in [0.05, 0.1) is 18.2 Å². The third-order valence-corrected chi connectivity index (χ3v) is 4.42. The lowest BCUT2D eigenvalue weighted by molar-refractivity contribution is -0.0149. The Morgan fingerprint density at radius 1 is 1.14 bits per heavy atom. The quantitative estimate of drug-likeness (QED) is 0.738. The molecule has 0 radical (unpaired) electrons. The molecule has 0 aromatic heterocycles. The molecule has 152 valence electrons. The molecule has 28 heavy (non-hydrogen) atoms. The fourth-order valence-electron chi connectivity index (χ4n) is 2.65. The van der Waals surface area contributed by atoms with E-state index in [1.165, 1.54) is 4.90 Å². The Kier molecular flexibility index (Phi) is 7.13. The Balaban J connectivity index is 1.96. The van der Waals surface area contributed by atoms with Crippen molar-refractivity contribution < 1.29 is 18.3 Å². The van der Waals surface area contributed by atoms with Crippen molar-refractivity contribution in [3.63, 3.8) is 0 Å². The van der Waals surface area contributed by atoms with Crippen LogP contribution in [-0.2, 0) is 17.9 Å². The molecule has 0 bridgehead atoms. The zero-order valence-corrected chi connectivity index (χ0v) is 17.1. The number of nitrogens with one attached hydrogen (secondary N) is 1. The van der Waals surface area contributed by atoms with Crippen molar-refractivity contribution in [2.45, 2.75) is 52.5 Å². The number of carbonyl (C=O) groups is 1. The van der Waals surface area contributed by atoms with E-state index in [2.05, 4.69) is 5.32 Å². The Labute approximate surface area is 165 Å². The number of ether oxygens (including phenoxy) is 1. The normalized spacial score (nSPS) is 12.5. The predicted molar refractivity (Wildman–Crippen MR) is 106 cm³/mol. The summed E-state index contributed by atoms with van der Waals surface area (Å²) < 4.78 is 33.2. The molecule has 6 heteroatoms. The van der Waals surface area contributed by atoms with Crippen molar-refractivity contribution >= 4 is 6.03 Å². The fraction of sp³-hybridized carbons (Fsp3) is 0.409. The lowest BCUT2D eigenvalue weighted by Crippen LogP contribution is -2.38. The van der Waals surface area contributed by atoms with Crippen molar-refractivity contribution in [2.75, 3.05) is 7.05 Å². The number of halogens is 2. The maximum Gasteiger partial charge on any atom is 0.317 e. The number of urea groups is 1. The number of amides is 2. The summed E-state index contributed by atoms with van der Waals surface area (Å²) in [5.41, 5.74) is 1.86. The van der Waals surface area contributed by atoms with Crippen LogP contribution in [0.2, 0.25) is 0 Å². The highest BCUT2D eigenvalue weighted by Crippen LogP contribution is 2.23. The molecule has 0 aliphatic carbocycles. The Hall–Kier alpha value is -2.47. The molecule has 0 saturated heterocycles. The van der Waals surface area contributed by atoms with Gasteiger partial charge >= 0.3 is 6.03 Å². The van der Waals surface area contributed by atoms with Crippen LogP contribution in [-0.4, -0.2) is 23.6 Å². The number of carbonyl (C=O) groups excluding carboxylic acids is 1. The largest absolute Gasteiger partial charge is 0.371 e. The second kappa shape index (κ2) is 9.15. The van der Waals surface area contributed by atoms with E-state index in [4.69, 9.17) is 4.74 Å². The first-order chi connectivity index (χ1) is 13.1. The van der Waals surface area contributed by atoms with Crippen LogP contribution in [0.15, 0.2) is 42.5 Å². The molecule has 0 saturated carbocycles. The number of nitrogens with zero attached hydrogens (tertiary/aromatic N) is 1. The van der Waals surface area contributed by atoms with E-state index >= 15 is 0 Å². The fourth-order valence-corrected chi connectivity index (χ4v) is 2.65. The second-order valence-corrected chi connectivity index (χ2v) is 7.83. The van der Waals surface area contributed by atoms with Crippen LogP contribution >= 0.6 is 0 Å². The van der Waals surface area contributed by atoms with Gasteiger partial charge in [0.2, 0.25) is 0 Å². The van der Waals surface area contributed by atoms with E-state index in [1.807, 2.05) is 45.0 Å². The summed E-state index contributed by atoms with van der Waals surface area (Å²) in [6, 6.07) is 10.0. The summed E-state index contributed by atoms with van der Waals surface area (Å²) in [7, 11) is 1.55. The van der Waals surface area contributed by atoms with Crippen molar-refractivity contribution in [2.24, 2.45) is 0 Å². The van der Waals surface area contributed by atoms with Crippen LogP contribution in [0, 0.1) is 11.6 Å². The maximum absolute atomic E-state index is 14.0. The second-order valence-electron chi connectivity index (χ2n) is 7.83. The molecular weight excluding hydrogens is 362 g/mol. The van der Waals surface area contributed by atoms with Crippen LogP contribution in [0.3, 0.4) is 0 Å². The van der Waals surface area contributed by atoms with Gasteiger partial charge in [-0.15, -0.1) is 0 Å². The van der Waals surface area contributed by atoms with Crippen LogP contribution in [0.5, 0.6) is 0 Å². The van der Waals surface area contributed by atoms with Crippen molar-refractivity contribution in [3.8, 4) is 0 Å². The SMILES string of the molecule is CC(c1cc(F)ccc1F)N(C)C(=O)NCc1cccc(COC(C)(C)C)c1. The minimum absolute atomic E-state index is 0.138. The van der Waals surface area contributed by atoms with Crippen molar-refractivity contribution in [1.82, 2.24) is 10.2 Å². The molecule has 0 aliphatic rings. The third-order valence-electron chi connectivity index (χ3n) is 4.42. The minimum Gasteiger partial charge on any atom is -0.371 e. The van der Waals surface area contributed by atoms with E-state index in [-0.39, 0.29) is 17.2 Å². The molecule has 2 aromatic rings. The lowest BCUT2D eigenvalue weighted by Gasteiger charge is -2.26. The highest BCUT2D eigenvalue weighted by Gasteiger charge is 2.20. The molecular formula is C22H28F2N2O2. The van der Waals surface area contributed by atoms with Gasteiger partial charge in [-0.3, -0.25) is 0 Å². The first-order valence-corrected chi connectivity index (χ1v) is 9.24. The van der Waals surface area contributed by atoms with E-state index in [0.29, 0.717) is 13.2 Å². The monoisotopic (exact) mass is 390 g/mol. The summed E-state index contributed by atoms with van der Waals surface area (Å²) >= 11 is 0. The average Bonchev–Trinajstić information content (AvgIpc) is 2.65. The minimum atomic E-state index is -0.609. The molecule has 0 spiro atoms. The summed E-state index contributed by atoms with van der Waals surface area (Å²) in [6.07, 6.45) is 0. The molecule has 2 rings (SSSR count). The first-order valence-electron chi connectivity index (χ1n) is 9.24. The molecule has 1 unspecified atom stereocenters. The average molecular weight is 390 g/mol. The standard InChI is InChI=1S/C22H28F2N2O2/c1-15(19-12-18(23)9-10-20(19)24)26(5)21(27)25-13-16-7-6-8-17(11-16)14-28-22(2,3)4/h6-12,15H,13-14H2,1-5H3,(H,25,27). The van der Waals surface area contributed by atoms with Gasteiger partial charge in [-0.2, -0.15) is 0 Å². The molecule has 0 heterocycles. The maximum atomic E-state index is 14.0. The van der Waals surface area contributed by atoms with Gasteiger partial charge in [-0.05, 0) is 57.0 Å². The number of benzene rings is 2. The summed E-state index contributed by atoms with van der Waals surface area (Å²) in [6.45, 7) is 8.45. The van der Waals surface area contributed by atoms with E-state index in [0.717, 1.165) is 29.3 Å². The van der Waals surface area contributed by atoms with Gasteiger partial charge < -0.3 is 15.0 Å². The van der Waals surface area contributed by atoms with Gasteiger partial charge in [0.15, 0.2) is 0 Å². The topological polar surface area (TPSA) is 41.6 Å². The van der Waals surface area contributed by atoms with Gasteiger partial charge in [0, 0.05) is 19.2 Å². The van der Waals surface area contributed by atoms with E-state index in [1.54, 1.807) is 14.0 Å². The zero-order chi connectivity index (χ0) is 20.9. The van der Waals surface area contributed by atoms with Crippen molar-refractivity contribution in [3.05, 3.63) is 70.8 Å². The Bertz CT molecular complexity index is 818. The van der Waals surface area contributed by atoms with E-state index in [9.17, 15) is 13.6 Å².